The zero-order chi connectivity index (χ0) is 24.0. The van der Waals surface area contributed by atoms with Gasteiger partial charge in [0.25, 0.3) is 0 Å². The van der Waals surface area contributed by atoms with Crippen LogP contribution in [0.1, 0.15) is 11.1 Å². The number of urea groups is 1. The average molecular weight is 479 g/mol. The molecule has 2 aromatic carbocycles. The molecule has 184 valence electrons. The first-order valence-electron chi connectivity index (χ1n) is 11.3. The molecule has 2 N–H and O–H groups in total. The summed E-state index contributed by atoms with van der Waals surface area (Å²) in [6.45, 7) is 5.07. The molecule has 0 aliphatic carbocycles. The number of nitrogens with one attached hydrogen (secondary N) is 2. The van der Waals surface area contributed by atoms with E-state index in [2.05, 4.69) is 27.7 Å². The summed E-state index contributed by atoms with van der Waals surface area (Å²) in [7, 11) is 0. The molecule has 0 saturated carbocycles. The van der Waals surface area contributed by atoms with Crippen LogP contribution in [0.25, 0.3) is 0 Å². The number of nitrogens with zero attached hydrogens (tertiary/aromatic N) is 2. The second-order valence-electron chi connectivity index (χ2n) is 8.38. The van der Waals surface area contributed by atoms with Gasteiger partial charge in [0.15, 0.2) is 0 Å². The van der Waals surface area contributed by atoms with Crippen LogP contribution >= 0.6 is 0 Å². The van der Waals surface area contributed by atoms with Gasteiger partial charge in [0.05, 0.1) is 42.9 Å². The molecule has 2 saturated heterocycles. The van der Waals surface area contributed by atoms with Gasteiger partial charge in [-0.3, -0.25) is 4.90 Å². The van der Waals surface area contributed by atoms with Crippen LogP contribution in [-0.4, -0.2) is 69.6 Å². The predicted octanol–water partition coefficient (Wildman–Crippen LogP) is 3.56. The number of benzene rings is 2. The lowest BCUT2D eigenvalue weighted by molar-refractivity contribution is -0.137. The van der Waals surface area contributed by atoms with Crippen LogP contribution in [0.15, 0.2) is 48.5 Å². The van der Waals surface area contributed by atoms with E-state index in [1.54, 1.807) is 0 Å². The fourth-order valence-electron chi connectivity index (χ4n) is 4.15. The second-order valence-corrected chi connectivity index (χ2v) is 8.38. The van der Waals surface area contributed by atoms with Gasteiger partial charge in [0.2, 0.25) is 0 Å². The fraction of sp³-hybridized carbons (Fsp3) is 0.458. The molecule has 2 heterocycles. The van der Waals surface area contributed by atoms with Crippen molar-refractivity contribution in [1.29, 1.82) is 0 Å². The van der Waals surface area contributed by atoms with Crippen LogP contribution in [0.4, 0.5) is 29.3 Å². The third-order valence-corrected chi connectivity index (χ3v) is 5.89. The number of alkyl halides is 3. The Morgan fingerprint density at radius 3 is 2.53 bits per heavy atom. The molecule has 2 aliphatic rings. The van der Waals surface area contributed by atoms with Crippen molar-refractivity contribution in [3.8, 4) is 0 Å². The van der Waals surface area contributed by atoms with Gasteiger partial charge >= 0.3 is 12.2 Å². The number of halogens is 3. The first-order chi connectivity index (χ1) is 16.4. The molecule has 0 radical (unpaired) electrons. The highest BCUT2D eigenvalue weighted by Crippen LogP contribution is 2.35. The molecule has 0 aromatic heterocycles. The highest BCUT2D eigenvalue weighted by Gasteiger charge is 2.32. The van der Waals surface area contributed by atoms with Gasteiger partial charge in [-0.2, -0.15) is 13.2 Å². The van der Waals surface area contributed by atoms with E-state index in [4.69, 9.17) is 9.47 Å². The van der Waals surface area contributed by atoms with E-state index in [0.717, 1.165) is 25.2 Å². The van der Waals surface area contributed by atoms with E-state index < -0.39 is 17.8 Å². The van der Waals surface area contributed by atoms with Crippen LogP contribution in [0.2, 0.25) is 0 Å². The normalized spacial score (nSPS) is 19.6. The minimum atomic E-state index is -4.51. The van der Waals surface area contributed by atoms with Crippen LogP contribution in [0.5, 0.6) is 0 Å². The van der Waals surface area contributed by atoms with E-state index in [9.17, 15) is 18.0 Å². The molecular weight excluding hydrogens is 449 g/mol. The van der Waals surface area contributed by atoms with Crippen LogP contribution in [0, 0.1) is 0 Å². The Hall–Kier alpha value is -2.82. The zero-order valence-corrected chi connectivity index (χ0v) is 18.8. The Balaban J connectivity index is 1.36. The van der Waals surface area contributed by atoms with Crippen molar-refractivity contribution in [3.63, 3.8) is 0 Å². The monoisotopic (exact) mass is 478 g/mol. The lowest BCUT2D eigenvalue weighted by Crippen LogP contribution is -2.47. The summed E-state index contributed by atoms with van der Waals surface area (Å²) in [5, 5.41) is 5.36. The van der Waals surface area contributed by atoms with Gasteiger partial charge in [-0.15, -0.1) is 0 Å². The Labute approximate surface area is 196 Å². The summed E-state index contributed by atoms with van der Waals surface area (Å²) < 4.78 is 50.9. The van der Waals surface area contributed by atoms with Crippen LogP contribution in [-0.2, 0) is 22.2 Å². The number of rotatable bonds is 6. The van der Waals surface area contributed by atoms with E-state index >= 15 is 0 Å². The Bertz CT molecular complexity index is 952. The summed E-state index contributed by atoms with van der Waals surface area (Å²) in [6, 6.07) is 12.9. The Morgan fingerprint density at radius 1 is 1.03 bits per heavy atom. The number of amides is 2. The van der Waals surface area contributed by atoms with Crippen molar-refractivity contribution in [2.75, 3.05) is 62.8 Å². The van der Waals surface area contributed by atoms with Crippen molar-refractivity contribution in [2.24, 2.45) is 0 Å². The molecule has 1 atom stereocenters. The lowest BCUT2D eigenvalue weighted by atomic mass is 10.1. The Kier molecular flexibility index (Phi) is 7.91. The van der Waals surface area contributed by atoms with Crippen molar-refractivity contribution < 1.29 is 27.4 Å². The maximum Gasteiger partial charge on any atom is 0.416 e. The van der Waals surface area contributed by atoms with Crippen molar-refractivity contribution in [3.05, 3.63) is 59.7 Å². The molecule has 7 nitrogen and oxygen atoms in total. The number of morpholine rings is 2. The topological polar surface area (TPSA) is 66.1 Å². The van der Waals surface area contributed by atoms with Crippen molar-refractivity contribution in [2.45, 2.75) is 18.8 Å². The van der Waals surface area contributed by atoms with Crippen LogP contribution in [0.3, 0.4) is 0 Å². The molecule has 2 fully saturated rings. The lowest BCUT2D eigenvalue weighted by Gasteiger charge is -2.33. The largest absolute Gasteiger partial charge is 0.416 e. The average Bonchev–Trinajstić information content (AvgIpc) is 2.84. The molecular formula is C24H29F3N4O3. The number of anilines is 2. The van der Waals surface area contributed by atoms with Gasteiger partial charge in [0.1, 0.15) is 0 Å². The maximum absolute atomic E-state index is 13.3. The van der Waals surface area contributed by atoms with Gasteiger partial charge in [-0.1, -0.05) is 30.3 Å². The number of ether oxygens (including phenoxy) is 2. The van der Waals surface area contributed by atoms with E-state index in [0.29, 0.717) is 45.1 Å². The quantitative estimate of drug-likeness (QED) is 0.665. The molecule has 0 bridgehead atoms. The summed E-state index contributed by atoms with van der Waals surface area (Å²) >= 11 is 0. The molecule has 2 aliphatic heterocycles. The second kappa shape index (κ2) is 11.1. The first kappa shape index (κ1) is 24.3. The number of hydrogen-bond acceptors (Lipinski definition) is 5. The van der Waals surface area contributed by atoms with E-state index in [-0.39, 0.29) is 18.3 Å². The number of carbonyl (C=O) groups excluding carboxylic acids is 1. The van der Waals surface area contributed by atoms with Gasteiger partial charge in [-0.25, -0.2) is 4.79 Å². The Morgan fingerprint density at radius 2 is 1.79 bits per heavy atom. The molecule has 4 rings (SSSR count). The summed E-state index contributed by atoms with van der Waals surface area (Å²) in [4.78, 5) is 16.8. The highest BCUT2D eigenvalue weighted by atomic mass is 19.4. The van der Waals surface area contributed by atoms with Crippen molar-refractivity contribution >= 4 is 17.4 Å². The minimum Gasteiger partial charge on any atom is -0.378 e. The fourth-order valence-corrected chi connectivity index (χ4v) is 4.15. The highest BCUT2D eigenvalue weighted by molar-refractivity contribution is 5.93. The molecule has 10 heteroatoms. The van der Waals surface area contributed by atoms with E-state index in [1.807, 2.05) is 23.1 Å². The standard InChI is InChI=1S/C24H29F3N4O3/c25-24(26,27)19-6-7-22(31-9-11-33-12-10-31)21(14-19)29-23(32)28-15-20-17-30(8-13-34-20)16-18-4-2-1-3-5-18/h1-7,14,20H,8-13,15-17H2,(H2,28,29,32). The van der Waals surface area contributed by atoms with Gasteiger partial charge in [0, 0.05) is 39.3 Å². The van der Waals surface area contributed by atoms with E-state index in [1.165, 1.54) is 11.6 Å². The molecule has 0 spiro atoms. The molecule has 34 heavy (non-hydrogen) atoms. The first-order valence-corrected chi connectivity index (χ1v) is 11.3. The predicted molar refractivity (Wildman–Crippen MR) is 123 cm³/mol. The maximum atomic E-state index is 13.3. The van der Waals surface area contributed by atoms with Gasteiger partial charge in [-0.05, 0) is 23.8 Å². The van der Waals surface area contributed by atoms with Gasteiger partial charge < -0.3 is 25.0 Å². The number of carbonyl (C=O) groups is 1. The SMILES string of the molecule is O=C(NCC1CN(Cc2ccccc2)CCO1)Nc1cc(C(F)(F)F)ccc1N1CCOCC1. The van der Waals surface area contributed by atoms with Crippen LogP contribution < -0.4 is 15.5 Å². The molecule has 1 unspecified atom stereocenters. The third-order valence-electron chi connectivity index (χ3n) is 5.89. The minimum absolute atomic E-state index is 0.115. The molecule has 2 aromatic rings. The van der Waals surface area contributed by atoms with Crippen molar-refractivity contribution in [1.82, 2.24) is 10.2 Å². The zero-order valence-electron chi connectivity index (χ0n) is 18.8. The summed E-state index contributed by atoms with van der Waals surface area (Å²) in [6.07, 6.45) is -4.71. The number of hydrogen-bond donors (Lipinski definition) is 2. The summed E-state index contributed by atoms with van der Waals surface area (Å²) in [5.74, 6) is 0. The summed E-state index contributed by atoms with van der Waals surface area (Å²) in [5.41, 5.74) is 1.04. The third kappa shape index (κ3) is 6.62. The molecule has 2 amide bonds. The smallest absolute Gasteiger partial charge is 0.378 e.